The standard InChI is InChI=1S/C25H33N3O5S/c1-18-12-23(32-3)13-19(2)25(18)34(30,31)28-10-5-4-6-22(28)16-33-17-24(29)27-11-8-20-14-26-9-7-21(20)15-27/h7,9,12-14,22H,4-6,8,10-11,15-17H2,1-3H3. The van der Waals surface area contributed by atoms with E-state index in [1.165, 1.54) is 5.56 Å². The van der Waals surface area contributed by atoms with Gasteiger partial charge in [-0.3, -0.25) is 9.78 Å². The van der Waals surface area contributed by atoms with Gasteiger partial charge in [0, 0.05) is 38.1 Å². The maximum Gasteiger partial charge on any atom is 0.248 e. The van der Waals surface area contributed by atoms with Crippen LogP contribution in [0.5, 0.6) is 5.75 Å². The minimum Gasteiger partial charge on any atom is -0.497 e. The third kappa shape index (κ3) is 5.11. The molecule has 1 fully saturated rings. The summed E-state index contributed by atoms with van der Waals surface area (Å²) in [5, 5.41) is 0. The first-order valence-corrected chi connectivity index (χ1v) is 13.2. The molecule has 9 heteroatoms. The Balaban J connectivity index is 1.41. The minimum absolute atomic E-state index is 0.0502. The number of carbonyl (C=O) groups is 1. The van der Waals surface area contributed by atoms with Crippen molar-refractivity contribution in [3.8, 4) is 5.75 Å². The van der Waals surface area contributed by atoms with Crippen molar-refractivity contribution in [1.29, 1.82) is 0 Å². The zero-order valence-corrected chi connectivity index (χ0v) is 20.9. The number of amides is 1. The van der Waals surface area contributed by atoms with E-state index in [4.69, 9.17) is 9.47 Å². The Kier molecular flexibility index (Phi) is 7.54. The van der Waals surface area contributed by atoms with Gasteiger partial charge in [0.25, 0.3) is 0 Å². The zero-order chi connectivity index (χ0) is 24.3. The van der Waals surface area contributed by atoms with Crippen LogP contribution >= 0.6 is 0 Å². The molecule has 0 radical (unpaired) electrons. The smallest absolute Gasteiger partial charge is 0.248 e. The first-order chi connectivity index (χ1) is 16.3. The van der Waals surface area contributed by atoms with Crippen LogP contribution < -0.4 is 4.74 Å². The van der Waals surface area contributed by atoms with E-state index in [2.05, 4.69) is 4.98 Å². The molecule has 0 bridgehead atoms. The number of sulfonamides is 1. The Labute approximate surface area is 201 Å². The van der Waals surface area contributed by atoms with Crippen molar-refractivity contribution in [2.45, 2.75) is 57.0 Å². The maximum atomic E-state index is 13.6. The summed E-state index contributed by atoms with van der Waals surface area (Å²) in [6.07, 6.45) is 6.85. The van der Waals surface area contributed by atoms with Crippen molar-refractivity contribution in [3.63, 3.8) is 0 Å². The highest BCUT2D eigenvalue weighted by atomic mass is 32.2. The van der Waals surface area contributed by atoms with Gasteiger partial charge in [-0.05, 0) is 73.6 Å². The number of aryl methyl sites for hydroxylation is 2. The number of methoxy groups -OCH3 is 1. The average molecular weight is 488 g/mol. The number of piperidine rings is 1. The molecule has 3 heterocycles. The summed E-state index contributed by atoms with van der Waals surface area (Å²) < 4.78 is 40.0. The fraction of sp³-hybridized carbons (Fsp3) is 0.520. The topological polar surface area (TPSA) is 89.0 Å². The first-order valence-electron chi connectivity index (χ1n) is 11.8. The number of nitrogens with zero attached hydrogens (tertiary/aromatic N) is 3. The van der Waals surface area contributed by atoms with Crippen LogP contribution in [-0.2, 0) is 32.5 Å². The Morgan fingerprint density at radius 3 is 2.65 bits per heavy atom. The average Bonchev–Trinajstić information content (AvgIpc) is 2.83. The van der Waals surface area contributed by atoms with Gasteiger partial charge in [-0.25, -0.2) is 8.42 Å². The summed E-state index contributed by atoms with van der Waals surface area (Å²) >= 11 is 0. The van der Waals surface area contributed by atoms with Crippen LogP contribution in [0.15, 0.2) is 35.5 Å². The molecule has 2 aliphatic rings. The van der Waals surface area contributed by atoms with Crippen LogP contribution in [0.3, 0.4) is 0 Å². The highest BCUT2D eigenvalue weighted by molar-refractivity contribution is 7.89. The number of aromatic nitrogens is 1. The Hall–Kier alpha value is -2.49. The summed E-state index contributed by atoms with van der Waals surface area (Å²) in [6, 6.07) is 5.16. The molecule has 184 valence electrons. The largest absolute Gasteiger partial charge is 0.497 e. The molecule has 1 aromatic heterocycles. The van der Waals surface area contributed by atoms with Gasteiger partial charge in [0.1, 0.15) is 12.4 Å². The number of pyridine rings is 1. The molecule has 2 aromatic rings. The molecule has 1 unspecified atom stereocenters. The van der Waals surface area contributed by atoms with Crippen LogP contribution in [0.25, 0.3) is 0 Å². The molecule has 1 atom stereocenters. The molecule has 0 N–H and O–H groups in total. The van der Waals surface area contributed by atoms with E-state index in [9.17, 15) is 13.2 Å². The quantitative estimate of drug-likeness (QED) is 0.597. The van der Waals surface area contributed by atoms with E-state index in [1.807, 2.05) is 12.3 Å². The Morgan fingerprint density at radius 2 is 1.91 bits per heavy atom. The van der Waals surface area contributed by atoms with Crippen LogP contribution in [0.4, 0.5) is 0 Å². The highest BCUT2D eigenvalue weighted by Gasteiger charge is 2.35. The second kappa shape index (κ2) is 10.4. The summed E-state index contributed by atoms with van der Waals surface area (Å²) in [5.41, 5.74) is 3.62. The first kappa shape index (κ1) is 24.6. The molecule has 1 saturated heterocycles. The lowest BCUT2D eigenvalue weighted by Crippen LogP contribution is -2.47. The molecular formula is C25H33N3O5S. The van der Waals surface area contributed by atoms with Gasteiger partial charge in [-0.2, -0.15) is 4.31 Å². The molecule has 2 aliphatic heterocycles. The van der Waals surface area contributed by atoms with E-state index < -0.39 is 10.0 Å². The van der Waals surface area contributed by atoms with Gasteiger partial charge in [0.05, 0.1) is 18.6 Å². The number of ether oxygens (including phenoxy) is 2. The van der Waals surface area contributed by atoms with Gasteiger partial charge in [-0.15, -0.1) is 0 Å². The third-order valence-corrected chi connectivity index (χ3v) is 8.97. The molecule has 1 amide bonds. The van der Waals surface area contributed by atoms with Crippen molar-refractivity contribution in [3.05, 3.63) is 52.8 Å². The van der Waals surface area contributed by atoms with Gasteiger partial charge < -0.3 is 14.4 Å². The predicted octanol–water partition coefficient (Wildman–Crippen LogP) is 2.85. The molecule has 0 spiro atoms. The SMILES string of the molecule is COc1cc(C)c(S(=O)(=O)N2CCCCC2COCC(=O)N2CCc3cnccc3C2)c(C)c1. The van der Waals surface area contributed by atoms with Gasteiger partial charge in [-0.1, -0.05) is 6.42 Å². The van der Waals surface area contributed by atoms with Crippen molar-refractivity contribution in [2.75, 3.05) is 33.4 Å². The van der Waals surface area contributed by atoms with E-state index in [0.29, 0.717) is 47.8 Å². The molecular weight excluding hydrogens is 454 g/mol. The lowest BCUT2D eigenvalue weighted by molar-refractivity contribution is -0.137. The third-order valence-electron chi connectivity index (χ3n) is 6.71. The van der Waals surface area contributed by atoms with Crippen LogP contribution in [0, 0.1) is 13.8 Å². The van der Waals surface area contributed by atoms with Crippen molar-refractivity contribution in [1.82, 2.24) is 14.2 Å². The summed E-state index contributed by atoms with van der Waals surface area (Å²) in [4.78, 5) is 19.0. The molecule has 34 heavy (non-hydrogen) atoms. The fourth-order valence-corrected chi connectivity index (χ4v) is 7.07. The molecule has 4 rings (SSSR count). The van der Waals surface area contributed by atoms with Crippen molar-refractivity contribution >= 4 is 15.9 Å². The number of hydrogen-bond acceptors (Lipinski definition) is 6. The van der Waals surface area contributed by atoms with E-state index in [0.717, 1.165) is 24.8 Å². The number of rotatable bonds is 7. The molecule has 0 aliphatic carbocycles. The number of hydrogen-bond donors (Lipinski definition) is 0. The predicted molar refractivity (Wildman–Crippen MR) is 128 cm³/mol. The maximum absolute atomic E-state index is 13.6. The number of fused-ring (bicyclic) bond motifs is 1. The van der Waals surface area contributed by atoms with Crippen LogP contribution in [0.2, 0.25) is 0 Å². The Bertz CT molecular complexity index is 1130. The van der Waals surface area contributed by atoms with Gasteiger partial charge >= 0.3 is 0 Å². The van der Waals surface area contributed by atoms with Crippen LogP contribution in [0.1, 0.15) is 41.5 Å². The summed E-state index contributed by atoms with van der Waals surface area (Å²) in [6.45, 7) is 5.39. The van der Waals surface area contributed by atoms with E-state index >= 15 is 0 Å². The summed E-state index contributed by atoms with van der Waals surface area (Å²) in [5.74, 6) is 0.567. The fourth-order valence-electron chi connectivity index (χ4n) is 4.97. The molecule has 8 nitrogen and oxygen atoms in total. The van der Waals surface area contributed by atoms with Crippen molar-refractivity contribution in [2.24, 2.45) is 0 Å². The number of benzene rings is 1. The van der Waals surface area contributed by atoms with Gasteiger partial charge in [0.2, 0.25) is 15.9 Å². The number of carbonyl (C=O) groups excluding carboxylic acids is 1. The highest BCUT2D eigenvalue weighted by Crippen LogP contribution is 2.32. The molecule has 0 saturated carbocycles. The normalized spacial score (nSPS) is 19.0. The lowest BCUT2D eigenvalue weighted by atomic mass is 10.0. The molecule has 1 aromatic carbocycles. The monoisotopic (exact) mass is 487 g/mol. The summed E-state index contributed by atoms with van der Waals surface area (Å²) in [7, 11) is -2.13. The van der Waals surface area contributed by atoms with Gasteiger partial charge in [0.15, 0.2) is 0 Å². The second-order valence-corrected chi connectivity index (χ2v) is 10.9. The van der Waals surface area contributed by atoms with E-state index in [-0.39, 0.29) is 25.2 Å². The second-order valence-electron chi connectivity index (χ2n) is 9.08. The minimum atomic E-state index is -3.71. The van der Waals surface area contributed by atoms with Crippen molar-refractivity contribution < 1.29 is 22.7 Å². The Morgan fingerprint density at radius 1 is 1.15 bits per heavy atom. The van der Waals surface area contributed by atoms with Crippen LogP contribution in [-0.4, -0.2) is 68.0 Å². The zero-order valence-electron chi connectivity index (χ0n) is 20.1. The van der Waals surface area contributed by atoms with E-state index in [1.54, 1.807) is 48.5 Å². The lowest BCUT2D eigenvalue weighted by Gasteiger charge is -2.35.